The Morgan fingerprint density at radius 1 is 0.935 bits per heavy atom. The number of aliphatic imine (C=N–C) groups is 1. The Hall–Kier alpha value is -3.59. The normalized spacial score (nSPS) is 13.4. The number of nitrogens with one attached hydrogen (secondary N) is 1. The molecule has 9 heteroatoms. The predicted molar refractivity (Wildman–Crippen MR) is 109 cm³/mol. The van der Waals surface area contributed by atoms with Gasteiger partial charge in [-0.15, -0.1) is 0 Å². The highest BCUT2D eigenvalue weighted by molar-refractivity contribution is 5.96. The van der Waals surface area contributed by atoms with Crippen LogP contribution in [0.5, 0.6) is 0 Å². The van der Waals surface area contributed by atoms with E-state index in [2.05, 4.69) is 10.3 Å². The molecule has 3 aromatic rings. The molecule has 3 heterocycles. The molecule has 0 aromatic carbocycles. The van der Waals surface area contributed by atoms with Gasteiger partial charge in [-0.05, 0) is 50.2 Å². The zero-order valence-corrected chi connectivity index (χ0v) is 17.2. The first-order valence-corrected chi connectivity index (χ1v) is 9.86. The zero-order chi connectivity index (χ0) is 22.1. The van der Waals surface area contributed by atoms with Crippen molar-refractivity contribution >= 4 is 18.2 Å². The summed E-state index contributed by atoms with van der Waals surface area (Å²) in [6, 6.07) is 9.29. The first-order chi connectivity index (χ1) is 15.1. The Bertz CT molecular complexity index is 928. The van der Waals surface area contributed by atoms with E-state index in [9.17, 15) is 9.59 Å². The number of carbonyl (C=O) groups is 2. The highest BCUT2D eigenvalue weighted by atomic mass is 16.6. The van der Waals surface area contributed by atoms with Crippen LogP contribution >= 0.6 is 0 Å². The average Bonchev–Trinajstić information content (AvgIpc) is 3.54. The molecule has 0 saturated carbocycles. The van der Waals surface area contributed by atoms with Gasteiger partial charge in [0.15, 0.2) is 12.1 Å². The molecule has 3 aromatic heterocycles. The zero-order valence-electron chi connectivity index (χ0n) is 17.2. The Kier molecular flexibility index (Phi) is 7.83. The largest absolute Gasteiger partial charge is 0.468 e. The van der Waals surface area contributed by atoms with Gasteiger partial charge in [0.2, 0.25) is 0 Å². The maximum atomic E-state index is 12.7. The summed E-state index contributed by atoms with van der Waals surface area (Å²) in [6.07, 6.45) is 5.23. The molecular weight excluding hydrogens is 404 g/mol. The highest BCUT2D eigenvalue weighted by Gasteiger charge is 2.41. The average molecular weight is 428 g/mol. The van der Waals surface area contributed by atoms with Crippen LogP contribution in [0.1, 0.15) is 43.3 Å². The van der Waals surface area contributed by atoms with E-state index < -0.39 is 30.1 Å². The van der Waals surface area contributed by atoms with Crippen molar-refractivity contribution in [2.45, 2.75) is 26.1 Å². The molecule has 0 aliphatic carbocycles. The summed E-state index contributed by atoms with van der Waals surface area (Å²) < 4.78 is 26.6. The summed E-state index contributed by atoms with van der Waals surface area (Å²) in [7, 11) is 0. The summed E-state index contributed by atoms with van der Waals surface area (Å²) in [4.78, 5) is 29.9. The molecule has 0 amide bonds. The van der Waals surface area contributed by atoms with Crippen LogP contribution in [0.15, 0.2) is 73.4 Å². The Morgan fingerprint density at radius 3 is 2.03 bits per heavy atom. The fourth-order valence-electron chi connectivity index (χ4n) is 2.97. The monoisotopic (exact) mass is 428 g/mol. The minimum atomic E-state index is -1.32. The van der Waals surface area contributed by atoms with Crippen molar-refractivity contribution < 1.29 is 32.3 Å². The molecule has 164 valence electrons. The van der Waals surface area contributed by atoms with Crippen LogP contribution in [0.4, 0.5) is 0 Å². The summed E-state index contributed by atoms with van der Waals surface area (Å²) in [5.74, 6) is -1.45. The molecule has 0 saturated heterocycles. The van der Waals surface area contributed by atoms with Crippen molar-refractivity contribution in [2.24, 2.45) is 10.9 Å². The van der Waals surface area contributed by atoms with E-state index in [0.717, 1.165) is 0 Å². The number of furan rings is 3. The lowest BCUT2D eigenvalue weighted by Crippen LogP contribution is -2.41. The first-order valence-electron chi connectivity index (χ1n) is 9.86. The SMILES string of the molecule is CCOC(=O)C(C(=O)OCC)C(NC(/N=C/c1ccco1)c1ccco1)c1ccco1. The van der Waals surface area contributed by atoms with Gasteiger partial charge < -0.3 is 22.7 Å². The van der Waals surface area contributed by atoms with Crippen LogP contribution in [-0.2, 0) is 19.1 Å². The molecule has 0 aliphatic heterocycles. The molecular formula is C22H24N2O7. The van der Waals surface area contributed by atoms with Crippen LogP contribution < -0.4 is 5.32 Å². The minimum absolute atomic E-state index is 0.109. The van der Waals surface area contributed by atoms with E-state index in [0.29, 0.717) is 17.3 Å². The maximum Gasteiger partial charge on any atom is 0.322 e. The number of carbonyl (C=O) groups excluding carboxylic acids is 2. The van der Waals surface area contributed by atoms with E-state index in [1.165, 1.54) is 25.0 Å². The van der Waals surface area contributed by atoms with Crippen LogP contribution in [0.25, 0.3) is 0 Å². The summed E-state index contributed by atoms with van der Waals surface area (Å²) >= 11 is 0. The van der Waals surface area contributed by atoms with Gasteiger partial charge in [-0.1, -0.05) is 0 Å². The molecule has 0 radical (unpaired) electrons. The molecule has 2 atom stereocenters. The lowest BCUT2D eigenvalue weighted by Gasteiger charge is -2.26. The molecule has 0 fully saturated rings. The first kappa shape index (κ1) is 22.1. The highest BCUT2D eigenvalue weighted by Crippen LogP contribution is 2.30. The second kappa shape index (κ2) is 11.0. The molecule has 31 heavy (non-hydrogen) atoms. The third kappa shape index (κ3) is 5.73. The van der Waals surface area contributed by atoms with Crippen molar-refractivity contribution in [2.75, 3.05) is 13.2 Å². The Labute approximate surface area is 179 Å². The van der Waals surface area contributed by atoms with Crippen molar-refractivity contribution in [3.05, 3.63) is 72.5 Å². The molecule has 2 unspecified atom stereocenters. The molecule has 1 N–H and O–H groups in total. The summed E-state index contributed by atoms with van der Waals surface area (Å²) in [6.45, 7) is 3.54. The van der Waals surface area contributed by atoms with Gasteiger partial charge in [0.1, 0.15) is 17.3 Å². The lowest BCUT2D eigenvalue weighted by atomic mass is 9.97. The Balaban J connectivity index is 1.97. The van der Waals surface area contributed by atoms with Gasteiger partial charge in [0.25, 0.3) is 0 Å². The van der Waals surface area contributed by atoms with Gasteiger partial charge in [-0.2, -0.15) is 0 Å². The number of nitrogens with zero attached hydrogens (tertiary/aromatic N) is 1. The van der Waals surface area contributed by atoms with Gasteiger partial charge in [-0.3, -0.25) is 19.9 Å². The molecule has 0 spiro atoms. The second-order valence-corrected chi connectivity index (χ2v) is 6.35. The third-order valence-corrected chi connectivity index (χ3v) is 4.31. The third-order valence-electron chi connectivity index (χ3n) is 4.31. The number of ether oxygens (including phenoxy) is 2. The van der Waals surface area contributed by atoms with Gasteiger partial charge in [0.05, 0.1) is 44.3 Å². The van der Waals surface area contributed by atoms with Crippen molar-refractivity contribution in [3.63, 3.8) is 0 Å². The van der Waals surface area contributed by atoms with Gasteiger partial charge >= 0.3 is 11.9 Å². The lowest BCUT2D eigenvalue weighted by molar-refractivity contribution is -0.163. The predicted octanol–water partition coefficient (Wildman–Crippen LogP) is 3.66. The van der Waals surface area contributed by atoms with E-state index >= 15 is 0 Å². The van der Waals surface area contributed by atoms with E-state index in [1.807, 2.05) is 0 Å². The molecule has 9 nitrogen and oxygen atoms in total. The van der Waals surface area contributed by atoms with Crippen LogP contribution in [-0.4, -0.2) is 31.4 Å². The van der Waals surface area contributed by atoms with Crippen LogP contribution in [0.2, 0.25) is 0 Å². The van der Waals surface area contributed by atoms with E-state index in [1.54, 1.807) is 50.2 Å². The second-order valence-electron chi connectivity index (χ2n) is 6.35. The quantitative estimate of drug-likeness (QED) is 0.279. The standard InChI is InChI=1S/C22H24N2O7/c1-3-27-21(25)18(22(26)28-4-2)19(16-9-6-12-30-16)24-20(17-10-7-13-31-17)23-14-15-8-5-11-29-15/h5-14,18-20,24H,3-4H2,1-2H3/b23-14+. The fraction of sp³-hybridized carbons (Fsp3) is 0.318. The maximum absolute atomic E-state index is 12.7. The number of hydrogen-bond donors (Lipinski definition) is 1. The van der Waals surface area contributed by atoms with Crippen LogP contribution in [0, 0.1) is 5.92 Å². The minimum Gasteiger partial charge on any atom is -0.468 e. The topological polar surface area (TPSA) is 116 Å². The smallest absolute Gasteiger partial charge is 0.322 e. The van der Waals surface area contributed by atoms with E-state index in [4.69, 9.17) is 22.7 Å². The molecule has 0 aliphatic rings. The van der Waals surface area contributed by atoms with Crippen molar-refractivity contribution in [1.82, 2.24) is 5.32 Å². The van der Waals surface area contributed by atoms with Gasteiger partial charge in [0, 0.05) is 0 Å². The summed E-state index contributed by atoms with van der Waals surface area (Å²) in [5.41, 5.74) is 0. The van der Waals surface area contributed by atoms with Crippen molar-refractivity contribution in [1.29, 1.82) is 0 Å². The number of rotatable bonds is 11. The fourth-order valence-corrected chi connectivity index (χ4v) is 2.97. The Morgan fingerprint density at radius 2 is 1.52 bits per heavy atom. The number of esters is 2. The molecule has 0 bridgehead atoms. The van der Waals surface area contributed by atoms with Crippen LogP contribution in [0.3, 0.4) is 0 Å². The van der Waals surface area contributed by atoms with Gasteiger partial charge in [-0.25, -0.2) is 0 Å². The number of hydrogen-bond acceptors (Lipinski definition) is 9. The summed E-state index contributed by atoms with van der Waals surface area (Å²) in [5, 5.41) is 3.17. The molecule has 3 rings (SSSR count). The van der Waals surface area contributed by atoms with Crippen molar-refractivity contribution in [3.8, 4) is 0 Å². The van der Waals surface area contributed by atoms with E-state index in [-0.39, 0.29) is 13.2 Å².